The Morgan fingerprint density at radius 3 is 2.54 bits per heavy atom. The summed E-state index contributed by atoms with van der Waals surface area (Å²) in [6, 6.07) is 8.36. The van der Waals surface area contributed by atoms with Gasteiger partial charge in [0.1, 0.15) is 23.1 Å². The molecule has 3 atom stereocenters. The Morgan fingerprint density at radius 1 is 1.11 bits per heavy atom. The number of anilines is 1. The predicted octanol–water partition coefficient (Wildman–Crippen LogP) is 4.64. The number of nitrogens with one attached hydrogen (secondary N) is 1. The number of pyridine rings is 1. The average Bonchev–Trinajstić information content (AvgIpc) is 2.85. The molecule has 2 aromatic heterocycles. The number of rotatable bonds is 7. The molecule has 0 saturated heterocycles. The summed E-state index contributed by atoms with van der Waals surface area (Å²) >= 11 is 0. The van der Waals surface area contributed by atoms with E-state index in [-0.39, 0.29) is 28.8 Å². The van der Waals surface area contributed by atoms with Crippen LogP contribution >= 0.6 is 0 Å². The quantitative estimate of drug-likeness (QED) is 0.471. The van der Waals surface area contributed by atoms with Gasteiger partial charge in [0.15, 0.2) is 0 Å². The second-order valence-corrected chi connectivity index (χ2v) is 11.0. The zero-order valence-corrected chi connectivity index (χ0v) is 21.4. The summed E-state index contributed by atoms with van der Waals surface area (Å²) in [4.78, 5) is 13.9. The first-order chi connectivity index (χ1) is 17.4. The van der Waals surface area contributed by atoms with Crippen molar-refractivity contribution >= 4 is 15.8 Å². The van der Waals surface area contributed by atoms with Gasteiger partial charge < -0.3 is 9.64 Å². The van der Waals surface area contributed by atoms with E-state index in [0.717, 1.165) is 6.07 Å². The highest BCUT2D eigenvalue weighted by molar-refractivity contribution is 7.92. The second-order valence-electron chi connectivity index (χ2n) is 9.31. The zero-order chi connectivity index (χ0) is 26.8. The van der Waals surface area contributed by atoms with Crippen LogP contribution in [0.4, 0.5) is 19.0 Å². The van der Waals surface area contributed by atoms with Crippen LogP contribution in [0.1, 0.15) is 41.9 Å². The van der Waals surface area contributed by atoms with E-state index in [9.17, 15) is 21.6 Å². The molecule has 12 heteroatoms. The molecule has 1 aliphatic carbocycles. The van der Waals surface area contributed by atoms with Crippen molar-refractivity contribution in [1.82, 2.24) is 19.9 Å². The van der Waals surface area contributed by atoms with E-state index >= 15 is 0 Å². The molecule has 3 aromatic rings. The highest BCUT2D eigenvalue weighted by Crippen LogP contribution is 2.39. The van der Waals surface area contributed by atoms with Crippen molar-refractivity contribution in [3.63, 3.8) is 0 Å². The molecule has 0 aliphatic heterocycles. The maximum Gasteiger partial charge on any atom is 0.416 e. The van der Waals surface area contributed by atoms with Crippen LogP contribution in [0.5, 0.6) is 5.88 Å². The van der Waals surface area contributed by atoms with Crippen LogP contribution < -0.4 is 9.46 Å². The molecule has 1 aromatic carbocycles. The van der Waals surface area contributed by atoms with Gasteiger partial charge in [-0.15, -0.1) is 0 Å². The Kier molecular flexibility index (Phi) is 7.69. The first-order valence-electron chi connectivity index (χ1n) is 11.7. The van der Waals surface area contributed by atoms with Crippen molar-refractivity contribution in [2.45, 2.75) is 55.3 Å². The molecule has 8 nitrogen and oxygen atoms in total. The maximum absolute atomic E-state index is 13.2. The van der Waals surface area contributed by atoms with Gasteiger partial charge in [0.2, 0.25) is 5.88 Å². The highest BCUT2D eigenvalue weighted by atomic mass is 32.2. The van der Waals surface area contributed by atoms with Crippen molar-refractivity contribution < 1.29 is 26.3 Å². The number of aryl methyl sites for hydroxylation is 1. The molecule has 198 valence electrons. The monoisotopic (exact) mass is 535 g/mol. The van der Waals surface area contributed by atoms with E-state index in [4.69, 9.17) is 4.74 Å². The molecule has 37 heavy (non-hydrogen) atoms. The number of sulfonamides is 1. The number of nitrogens with zero attached hydrogens (tertiary/aromatic N) is 4. The molecule has 1 fully saturated rings. The van der Waals surface area contributed by atoms with Crippen LogP contribution in [0.3, 0.4) is 0 Å². The summed E-state index contributed by atoms with van der Waals surface area (Å²) in [5.74, 6) is 0.415. The third-order valence-corrected chi connectivity index (χ3v) is 7.82. The van der Waals surface area contributed by atoms with Crippen LogP contribution in [0.25, 0.3) is 0 Å². The smallest absolute Gasteiger partial charge is 0.416 e. The summed E-state index contributed by atoms with van der Waals surface area (Å²) in [5, 5.41) is 0. The fraction of sp³-hybridized carbons (Fsp3) is 0.400. The van der Waals surface area contributed by atoms with Crippen LogP contribution in [-0.2, 0) is 16.2 Å². The largest absolute Gasteiger partial charge is 0.472 e. The van der Waals surface area contributed by atoms with Crippen molar-refractivity contribution in [3.05, 3.63) is 71.8 Å². The minimum Gasteiger partial charge on any atom is -0.472 e. The lowest BCUT2D eigenvalue weighted by Gasteiger charge is -2.40. The average molecular weight is 536 g/mol. The van der Waals surface area contributed by atoms with E-state index in [1.165, 1.54) is 43.0 Å². The van der Waals surface area contributed by atoms with Gasteiger partial charge in [0.05, 0.1) is 11.8 Å². The van der Waals surface area contributed by atoms with Crippen LogP contribution in [0, 0.1) is 6.92 Å². The van der Waals surface area contributed by atoms with Gasteiger partial charge in [-0.25, -0.2) is 23.4 Å². The fourth-order valence-corrected chi connectivity index (χ4v) is 5.61. The van der Waals surface area contributed by atoms with Gasteiger partial charge in [-0.1, -0.05) is 18.2 Å². The molecular weight excluding hydrogens is 507 g/mol. The normalized spacial score (nSPS) is 20.6. The third kappa shape index (κ3) is 6.37. The Bertz CT molecular complexity index is 1340. The SMILES string of the molecule is Cc1cc(S(=O)(=O)Nc2ccncn2)cnc1OC1CCC(c2cccc(C(F)(F)F)c2)CC1N(C)C. The lowest BCUT2D eigenvalue weighted by Crippen LogP contribution is -2.46. The second kappa shape index (κ2) is 10.6. The molecule has 1 aliphatic rings. The lowest BCUT2D eigenvalue weighted by molar-refractivity contribution is -0.137. The molecule has 1 N–H and O–H groups in total. The molecule has 2 heterocycles. The molecule has 0 bridgehead atoms. The van der Waals surface area contributed by atoms with Crippen LogP contribution in [0.2, 0.25) is 0 Å². The van der Waals surface area contributed by atoms with Crippen molar-refractivity contribution in [1.29, 1.82) is 0 Å². The first-order valence-corrected chi connectivity index (χ1v) is 13.2. The van der Waals surface area contributed by atoms with Crippen LogP contribution in [0.15, 0.2) is 60.0 Å². The van der Waals surface area contributed by atoms with E-state index in [1.54, 1.807) is 13.0 Å². The summed E-state index contributed by atoms with van der Waals surface area (Å²) < 4.78 is 73.7. The van der Waals surface area contributed by atoms with Crippen molar-refractivity contribution in [2.75, 3.05) is 18.8 Å². The topological polar surface area (TPSA) is 97.3 Å². The minimum absolute atomic E-state index is 0.0339. The number of alkyl halides is 3. The number of aromatic nitrogens is 3. The fourth-order valence-electron chi connectivity index (χ4n) is 4.57. The first kappa shape index (κ1) is 26.8. The summed E-state index contributed by atoms with van der Waals surface area (Å²) in [7, 11) is -0.0944. The van der Waals surface area contributed by atoms with Gasteiger partial charge in [0.25, 0.3) is 10.0 Å². The van der Waals surface area contributed by atoms with E-state index in [1.807, 2.05) is 19.0 Å². The van der Waals surface area contributed by atoms with Gasteiger partial charge >= 0.3 is 6.18 Å². The zero-order valence-electron chi connectivity index (χ0n) is 20.6. The number of hydrogen-bond donors (Lipinski definition) is 1. The van der Waals surface area contributed by atoms with Crippen LogP contribution in [-0.4, -0.2) is 54.5 Å². The van der Waals surface area contributed by atoms with E-state index in [2.05, 4.69) is 19.7 Å². The summed E-state index contributed by atoms with van der Waals surface area (Å²) in [5.41, 5.74) is 0.567. The Labute approximate surface area is 214 Å². The van der Waals surface area contributed by atoms with Gasteiger partial charge in [-0.3, -0.25) is 4.72 Å². The number of halogens is 3. The van der Waals surface area contributed by atoms with Gasteiger partial charge in [0, 0.05) is 17.8 Å². The molecule has 4 rings (SSSR count). The molecule has 0 amide bonds. The molecule has 3 unspecified atom stereocenters. The lowest BCUT2D eigenvalue weighted by atomic mass is 9.79. The standard InChI is InChI=1S/C25H28F3N5O3S/c1-16-11-20(37(34,35)32-23-9-10-29-15-31-23)14-30-24(16)36-22-8-7-18(13-21(22)33(2)3)17-5-4-6-19(12-17)25(26,27)28/h4-6,9-12,14-15,18,21-22H,7-8,13H2,1-3H3,(H,29,31,32). The molecule has 1 saturated carbocycles. The van der Waals surface area contributed by atoms with Crippen molar-refractivity contribution in [2.24, 2.45) is 0 Å². The Hall–Kier alpha value is -3.25. The van der Waals surface area contributed by atoms with Crippen molar-refractivity contribution in [3.8, 4) is 5.88 Å². The van der Waals surface area contributed by atoms with Gasteiger partial charge in [-0.2, -0.15) is 13.2 Å². The Morgan fingerprint density at radius 2 is 1.89 bits per heavy atom. The van der Waals surface area contributed by atoms with E-state index < -0.39 is 21.8 Å². The summed E-state index contributed by atoms with van der Waals surface area (Å²) in [6.07, 6.45) is 1.13. The maximum atomic E-state index is 13.2. The molecular formula is C25H28F3N5O3S. The number of likely N-dealkylation sites (N-methyl/N-ethyl adjacent to an activating group) is 1. The molecule has 0 radical (unpaired) electrons. The summed E-state index contributed by atoms with van der Waals surface area (Å²) in [6.45, 7) is 1.71. The number of ether oxygens (including phenoxy) is 1. The van der Waals surface area contributed by atoms with Gasteiger partial charge in [-0.05, 0) is 70.0 Å². The number of hydrogen-bond acceptors (Lipinski definition) is 7. The molecule has 0 spiro atoms. The highest BCUT2D eigenvalue weighted by Gasteiger charge is 2.36. The number of benzene rings is 1. The predicted molar refractivity (Wildman–Crippen MR) is 132 cm³/mol. The minimum atomic E-state index is -4.38. The van der Waals surface area contributed by atoms with E-state index in [0.29, 0.717) is 36.3 Å². The Balaban J connectivity index is 1.48. The third-order valence-electron chi connectivity index (χ3n) is 6.50.